The lowest BCUT2D eigenvalue weighted by Crippen LogP contribution is -2.51. The Morgan fingerprint density at radius 2 is 1.88 bits per heavy atom. The third kappa shape index (κ3) is 4.92. The number of nitrogens with zero attached hydrogens (tertiary/aromatic N) is 3. The molecule has 0 atom stereocenters. The zero-order valence-electron chi connectivity index (χ0n) is 14.3. The predicted molar refractivity (Wildman–Crippen MR) is 99.7 cm³/mol. The fourth-order valence-corrected chi connectivity index (χ4v) is 3.12. The Labute approximate surface area is 149 Å². The van der Waals surface area contributed by atoms with Crippen LogP contribution in [0.25, 0.3) is 0 Å². The maximum atomic E-state index is 12.5. The van der Waals surface area contributed by atoms with Crippen molar-refractivity contribution in [3.8, 4) is 0 Å². The van der Waals surface area contributed by atoms with Gasteiger partial charge in [0, 0.05) is 45.8 Å². The average molecular weight is 347 g/mol. The molecule has 0 unspecified atom stereocenters. The second kappa shape index (κ2) is 7.94. The van der Waals surface area contributed by atoms with Gasteiger partial charge in [-0.05, 0) is 30.6 Å². The highest BCUT2D eigenvalue weighted by atomic mass is 32.1. The van der Waals surface area contributed by atoms with Crippen LogP contribution in [0.2, 0.25) is 0 Å². The van der Waals surface area contributed by atoms with Crippen LogP contribution in [0.3, 0.4) is 0 Å². The van der Waals surface area contributed by atoms with Crippen LogP contribution in [0.4, 0.5) is 0 Å². The van der Waals surface area contributed by atoms with Crippen LogP contribution >= 0.6 is 12.2 Å². The monoisotopic (exact) mass is 346 g/mol. The fourth-order valence-electron chi connectivity index (χ4n) is 2.88. The van der Waals surface area contributed by atoms with Crippen LogP contribution in [-0.4, -0.2) is 71.5 Å². The van der Waals surface area contributed by atoms with Crippen LogP contribution in [0.5, 0.6) is 0 Å². The Morgan fingerprint density at radius 3 is 2.50 bits per heavy atom. The van der Waals surface area contributed by atoms with Crippen molar-refractivity contribution in [2.75, 3.05) is 39.8 Å². The topological polar surface area (TPSA) is 38.8 Å². The van der Waals surface area contributed by atoms with Crippen molar-refractivity contribution in [2.45, 2.75) is 25.4 Å². The van der Waals surface area contributed by atoms with E-state index in [-0.39, 0.29) is 5.91 Å². The summed E-state index contributed by atoms with van der Waals surface area (Å²) < 4.78 is 0. The summed E-state index contributed by atoms with van der Waals surface area (Å²) in [6.07, 6.45) is 2.37. The number of nitrogens with one attached hydrogen (secondary N) is 1. The number of carbonyl (C=O) groups is 1. The van der Waals surface area contributed by atoms with Crippen LogP contribution in [0, 0.1) is 0 Å². The summed E-state index contributed by atoms with van der Waals surface area (Å²) in [5, 5.41) is 3.96. The van der Waals surface area contributed by atoms with Gasteiger partial charge in [0.25, 0.3) is 0 Å². The van der Waals surface area contributed by atoms with Crippen LogP contribution in [0.1, 0.15) is 18.4 Å². The molecule has 1 aromatic carbocycles. The zero-order chi connectivity index (χ0) is 16.9. The maximum Gasteiger partial charge on any atom is 0.242 e. The third-order valence-corrected chi connectivity index (χ3v) is 5.03. The van der Waals surface area contributed by atoms with Crippen molar-refractivity contribution in [1.82, 2.24) is 20.0 Å². The van der Waals surface area contributed by atoms with Crippen molar-refractivity contribution in [3.63, 3.8) is 0 Å². The summed E-state index contributed by atoms with van der Waals surface area (Å²) in [5.74, 6) is 0.164. The van der Waals surface area contributed by atoms with Gasteiger partial charge < -0.3 is 15.1 Å². The van der Waals surface area contributed by atoms with E-state index in [4.69, 9.17) is 12.2 Å². The van der Waals surface area contributed by atoms with Gasteiger partial charge in [0.2, 0.25) is 5.91 Å². The van der Waals surface area contributed by atoms with Crippen molar-refractivity contribution in [3.05, 3.63) is 35.9 Å². The first-order valence-corrected chi connectivity index (χ1v) is 9.08. The van der Waals surface area contributed by atoms with E-state index in [2.05, 4.69) is 34.5 Å². The van der Waals surface area contributed by atoms with Gasteiger partial charge in [-0.3, -0.25) is 9.69 Å². The molecule has 1 saturated carbocycles. The third-order valence-electron chi connectivity index (χ3n) is 4.60. The number of piperazine rings is 1. The number of carbonyl (C=O) groups excluding carboxylic acids is 1. The SMILES string of the molecule is CN(CC(=O)N1CCN(Cc2ccccc2)CC1)C(=S)NC1CC1. The number of hydrogen-bond acceptors (Lipinski definition) is 3. The first-order chi connectivity index (χ1) is 11.6. The molecule has 2 aliphatic rings. The van der Waals surface area contributed by atoms with Crippen molar-refractivity contribution in [1.29, 1.82) is 0 Å². The van der Waals surface area contributed by atoms with Gasteiger partial charge in [-0.15, -0.1) is 0 Å². The summed E-state index contributed by atoms with van der Waals surface area (Å²) in [6.45, 7) is 4.75. The maximum absolute atomic E-state index is 12.5. The van der Waals surface area contributed by atoms with Gasteiger partial charge in [0.1, 0.15) is 0 Å². The van der Waals surface area contributed by atoms with Gasteiger partial charge in [-0.25, -0.2) is 0 Å². The van der Waals surface area contributed by atoms with Gasteiger partial charge in [-0.1, -0.05) is 30.3 Å². The van der Waals surface area contributed by atoms with E-state index in [1.54, 1.807) is 0 Å². The van der Waals surface area contributed by atoms with E-state index in [1.165, 1.54) is 18.4 Å². The molecule has 0 aromatic heterocycles. The molecule has 1 saturated heterocycles. The number of rotatable bonds is 5. The summed E-state index contributed by atoms with van der Waals surface area (Å²) in [6, 6.07) is 11.0. The van der Waals surface area contributed by atoms with E-state index >= 15 is 0 Å². The van der Waals surface area contributed by atoms with Gasteiger partial charge in [-0.2, -0.15) is 0 Å². The fraction of sp³-hybridized carbons (Fsp3) is 0.556. The highest BCUT2D eigenvalue weighted by Gasteiger charge is 2.25. The predicted octanol–water partition coefficient (Wildman–Crippen LogP) is 1.30. The first kappa shape index (κ1) is 17.2. The first-order valence-electron chi connectivity index (χ1n) is 8.67. The molecule has 1 aromatic rings. The van der Waals surface area contributed by atoms with E-state index in [0.717, 1.165) is 32.7 Å². The minimum atomic E-state index is 0.164. The summed E-state index contributed by atoms with van der Waals surface area (Å²) >= 11 is 5.34. The Balaban J connectivity index is 1.40. The smallest absolute Gasteiger partial charge is 0.242 e. The molecule has 1 aliphatic heterocycles. The molecule has 0 spiro atoms. The molecule has 5 nitrogen and oxygen atoms in total. The quantitative estimate of drug-likeness (QED) is 0.814. The summed E-state index contributed by atoms with van der Waals surface area (Å²) in [4.78, 5) is 18.7. The lowest BCUT2D eigenvalue weighted by Gasteiger charge is -2.35. The second-order valence-corrected chi connectivity index (χ2v) is 7.11. The molecule has 130 valence electrons. The highest BCUT2D eigenvalue weighted by Crippen LogP contribution is 2.18. The molecule has 6 heteroatoms. The molecule has 0 bridgehead atoms. The molecule has 24 heavy (non-hydrogen) atoms. The van der Waals surface area contributed by atoms with Crippen LogP contribution in [-0.2, 0) is 11.3 Å². The number of amides is 1. The molecule has 1 aliphatic carbocycles. The minimum absolute atomic E-state index is 0.164. The Morgan fingerprint density at radius 1 is 1.21 bits per heavy atom. The molecular formula is C18H26N4OS. The number of benzene rings is 1. The largest absolute Gasteiger partial charge is 0.360 e. The van der Waals surface area contributed by atoms with Crippen molar-refractivity contribution in [2.24, 2.45) is 0 Å². The minimum Gasteiger partial charge on any atom is -0.360 e. The van der Waals surface area contributed by atoms with Crippen LogP contribution < -0.4 is 5.32 Å². The van der Waals surface area contributed by atoms with Crippen LogP contribution in [0.15, 0.2) is 30.3 Å². The van der Waals surface area contributed by atoms with Gasteiger partial charge in [0.15, 0.2) is 5.11 Å². The Bertz CT molecular complexity index is 568. The molecular weight excluding hydrogens is 320 g/mol. The lowest BCUT2D eigenvalue weighted by atomic mass is 10.2. The van der Waals surface area contributed by atoms with E-state index in [9.17, 15) is 4.79 Å². The second-order valence-electron chi connectivity index (χ2n) is 6.72. The Kier molecular flexibility index (Phi) is 5.68. The molecule has 1 heterocycles. The highest BCUT2D eigenvalue weighted by molar-refractivity contribution is 7.80. The van der Waals surface area contributed by atoms with Crippen molar-refractivity contribution < 1.29 is 4.79 Å². The summed E-state index contributed by atoms with van der Waals surface area (Å²) in [5.41, 5.74) is 1.33. The molecule has 2 fully saturated rings. The lowest BCUT2D eigenvalue weighted by molar-refractivity contribution is -0.133. The van der Waals surface area contributed by atoms with E-state index in [0.29, 0.717) is 17.7 Å². The molecule has 3 rings (SSSR count). The zero-order valence-corrected chi connectivity index (χ0v) is 15.1. The van der Waals surface area contributed by atoms with E-state index < -0.39 is 0 Å². The average Bonchev–Trinajstić information content (AvgIpc) is 3.40. The van der Waals surface area contributed by atoms with E-state index in [1.807, 2.05) is 22.9 Å². The Hall–Kier alpha value is -1.66. The number of likely N-dealkylation sites (N-methyl/N-ethyl adjacent to an activating group) is 1. The van der Waals surface area contributed by atoms with Crippen molar-refractivity contribution >= 4 is 23.2 Å². The molecule has 0 radical (unpaired) electrons. The summed E-state index contributed by atoms with van der Waals surface area (Å²) in [7, 11) is 1.89. The standard InChI is InChI=1S/C18H26N4OS/c1-20(18(24)19-16-7-8-16)14-17(23)22-11-9-21(10-12-22)13-15-5-3-2-4-6-15/h2-6,16H,7-14H2,1H3,(H,19,24). The number of hydrogen-bond donors (Lipinski definition) is 1. The van der Waals surface area contributed by atoms with Gasteiger partial charge >= 0.3 is 0 Å². The van der Waals surface area contributed by atoms with Gasteiger partial charge in [0.05, 0.1) is 6.54 Å². The normalized spacial score (nSPS) is 18.3. The molecule has 1 N–H and O–H groups in total. The molecule has 1 amide bonds. The number of thiocarbonyl (C=S) groups is 1.